The first-order valence-electron chi connectivity index (χ1n) is 15.8. The van der Waals surface area contributed by atoms with Crippen molar-refractivity contribution in [2.75, 3.05) is 44.2 Å². The summed E-state index contributed by atoms with van der Waals surface area (Å²) in [6.45, 7) is 18.0. The largest absolute Gasteiger partial charge is 0.490 e. The third-order valence-corrected chi connectivity index (χ3v) is 9.10. The van der Waals surface area contributed by atoms with Gasteiger partial charge in [-0.15, -0.1) is 0 Å². The highest BCUT2D eigenvalue weighted by molar-refractivity contribution is 6.33. The lowest BCUT2D eigenvalue weighted by Crippen LogP contribution is -2.55. The maximum Gasteiger partial charge on any atom is 0.410 e. The predicted octanol–water partition coefficient (Wildman–Crippen LogP) is 6.53. The van der Waals surface area contributed by atoms with Crippen LogP contribution in [0.4, 0.5) is 16.2 Å². The average Bonchev–Trinajstić information content (AvgIpc) is 3.01. The van der Waals surface area contributed by atoms with Gasteiger partial charge in [0.15, 0.2) is 0 Å². The molecule has 2 heterocycles. The fourth-order valence-corrected chi connectivity index (χ4v) is 6.56. The van der Waals surface area contributed by atoms with E-state index in [0.29, 0.717) is 41.2 Å². The van der Waals surface area contributed by atoms with Crippen molar-refractivity contribution >= 4 is 35.0 Å². The standard InChI is InChI=1S/C34H44ClN5O4/c1-34(2,3)44-33(42)40-21-19-39(20-22-40)27-15-17-38(18-16-27)26-9-5-24(6-10-26)32(41)37-25-7-11-28(12-8-25)43-29-13-14-31(36-4)30(35)23-29/h5-6,9-10,13-14,23,25,27-28H,7-8,11-12,15-22H2,1-3H3,(H,37,41). The zero-order valence-corrected chi connectivity index (χ0v) is 26.8. The third-order valence-electron chi connectivity index (χ3n) is 8.79. The molecule has 44 heavy (non-hydrogen) atoms. The molecule has 0 spiro atoms. The van der Waals surface area contributed by atoms with Crippen LogP contribution in [0, 0.1) is 6.57 Å². The van der Waals surface area contributed by atoms with Crippen LogP contribution in [0.2, 0.25) is 5.02 Å². The number of benzene rings is 2. The van der Waals surface area contributed by atoms with Crippen molar-refractivity contribution in [1.82, 2.24) is 15.1 Å². The van der Waals surface area contributed by atoms with E-state index in [0.717, 1.165) is 70.4 Å². The minimum atomic E-state index is -0.468. The number of nitrogens with zero attached hydrogens (tertiary/aromatic N) is 4. The molecular formula is C34H44ClN5O4. The summed E-state index contributed by atoms with van der Waals surface area (Å²) in [5.74, 6) is 0.643. The molecule has 1 N–H and O–H groups in total. The van der Waals surface area contributed by atoms with Crippen molar-refractivity contribution in [3.8, 4) is 5.75 Å². The number of amides is 2. The molecule has 0 aromatic heterocycles. The number of piperazine rings is 1. The Labute approximate surface area is 266 Å². The number of rotatable bonds is 6. The number of piperidine rings is 1. The van der Waals surface area contributed by atoms with Crippen molar-refractivity contribution in [1.29, 1.82) is 0 Å². The molecule has 1 aliphatic carbocycles. The molecule has 3 aliphatic rings. The van der Waals surface area contributed by atoms with Crippen molar-refractivity contribution in [2.45, 2.75) is 83.1 Å². The molecule has 9 nitrogen and oxygen atoms in total. The van der Waals surface area contributed by atoms with E-state index in [1.54, 1.807) is 18.2 Å². The average molecular weight is 622 g/mol. The molecule has 2 aromatic rings. The molecule has 2 saturated heterocycles. The molecule has 2 aliphatic heterocycles. The molecule has 0 unspecified atom stereocenters. The highest BCUT2D eigenvalue weighted by Crippen LogP contribution is 2.31. The van der Waals surface area contributed by atoms with Crippen molar-refractivity contribution in [3.05, 3.63) is 64.5 Å². The summed E-state index contributed by atoms with van der Waals surface area (Å²) in [6, 6.07) is 13.8. The molecule has 2 aromatic carbocycles. The van der Waals surface area contributed by atoms with Gasteiger partial charge in [-0.2, -0.15) is 0 Å². The minimum Gasteiger partial charge on any atom is -0.490 e. The van der Waals surface area contributed by atoms with Gasteiger partial charge in [0.25, 0.3) is 5.91 Å². The lowest BCUT2D eigenvalue weighted by molar-refractivity contribution is 0.00901. The highest BCUT2D eigenvalue weighted by Gasteiger charge is 2.31. The van der Waals surface area contributed by atoms with Gasteiger partial charge in [-0.3, -0.25) is 9.69 Å². The number of halogens is 1. The van der Waals surface area contributed by atoms with Gasteiger partial charge in [-0.25, -0.2) is 9.64 Å². The second-order valence-electron chi connectivity index (χ2n) is 13.1. The van der Waals surface area contributed by atoms with E-state index < -0.39 is 5.60 Å². The SMILES string of the molecule is [C-]#[N+]c1ccc(OC2CCC(NC(=O)c3ccc(N4CCC(N5CCN(C(=O)OC(C)(C)C)CC5)CC4)cc3)CC2)cc1Cl. The fraction of sp³-hybridized carbons (Fsp3) is 0.559. The van der Waals surface area contributed by atoms with E-state index in [-0.39, 0.29) is 24.1 Å². The Morgan fingerprint density at radius 2 is 1.57 bits per heavy atom. The molecule has 0 bridgehead atoms. The first-order chi connectivity index (χ1) is 21.1. The fourth-order valence-electron chi connectivity index (χ4n) is 6.35. The van der Waals surface area contributed by atoms with Gasteiger partial charge in [0.05, 0.1) is 17.7 Å². The molecule has 10 heteroatoms. The van der Waals surface area contributed by atoms with Crippen LogP contribution < -0.4 is 15.0 Å². The number of hydrogen-bond acceptors (Lipinski definition) is 6. The summed E-state index contributed by atoms with van der Waals surface area (Å²) < 4.78 is 11.6. The topological polar surface area (TPSA) is 78.7 Å². The van der Waals surface area contributed by atoms with E-state index in [1.807, 2.05) is 37.8 Å². The number of anilines is 1. The molecule has 5 rings (SSSR count). The Morgan fingerprint density at radius 3 is 2.16 bits per heavy atom. The summed E-state index contributed by atoms with van der Waals surface area (Å²) in [5.41, 5.74) is 1.79. The lowest BCUT2D eigenvalue weighted by atomic mass is 9.92. The molecule has 1 saturated carbocycles. The molecule has 0 atom stereocenters. The van der Waals surface area contributed by atoms with Gasteiger partial charge in [-0.1, -0.05) is 17.7 Å². The van der Waals surface area contributed by atoms with Crippen LogP contribution in [0.15, 0.2) is 42.5 Å². The van der Waals surface area contributed by atoms with Gasteiger partial charge < -0.3 is 24.6 Å². The van der Waals surface area contributed by atoms with E-state index >= 15 is 0 Å². The van der Waals surface area contributed by atoms with Crippen LogP contribution in [-0.4, -0.2) is 84.9 Å². The summed E-state index contributed by atoms with van der Waals surface area (Å²) >= 11 is 6.14. The van der Waals surface area contributed by atoms with Crippen LogP contribution in [-0.2, 0) is 4.74 Å². The monoisotopic (exact) mass is 621 g/mol. The normalized spacial score (nSPS) is 21.8. The second-order valence-corrected chi connectivity index (χ2v) is 13.5. The maximum absolute atomic E-state index is 13.0. The van der Waals surface area contributed by atoms with Crippen molar-refractivity contribution < 1.29 is 19.1 Å². The molecule has 236 valence electrons. The van der Waals surface area contributed by atoms with E-state index in [1.165, 1.54) is 0 Å². The summed E-state index contributed by atoms with van der Waals surface area (Å²) in [6.07, 6.45) is 5.43. The van der Waals surface area contributed by atoms with Crippen LogP contribution in [0.25, 0.3) is 4.85 Å². The predicted molar refractivity (Wildman–Crippen MR) is 173 cm³/mol. The smallest absolute Gasteiger partial charge is 0.410 e. The molecule has 3 fully saturated rings. The Bertz CT molecular complexity index is 1330. The van der Waals surface area contributed by atoms with Crippen molar-refractivity contribution in [3.63, 3.8) is 0 Å². The number of nitrogens with one attached hydrogen (secondary N) is 1. The van der Waals surface area contributed by atoms with E-state index in [4.69, 9.17) is 27.6 Å². The minimum absolute atomic E-state index is 0.0355. The Kier molecular flexibility index (Phi) is 10.2. The quantitative estimate of drug-likeness (QED) is 0.370. The van der Waals surface area contributed by atoms with Gasteiger partial charge in [0, 0.05) is 62.6 Å². The Morgan fingerprint density at radius 1 is 0.909 bits per heavy atom. The van der Waals surface area contributed by atoms with Gasteiger partial charge in [0.2, 0.25) is 5.69 Å². The second kappa shape index (κ2) is 14.1. The van der Waals surface area contributed by atoms with Crippen molar-refractivity contribution in [2.24, 2.45) is 0 Å². The Balaban J connectivity index is 1.02. The number of carbonyl (C=O) groups excluding carboxylic acids is 2. The molecular weight excluding hydrogens is 578 g/mol. The summed E-state index contributed by atoms with van der Waals surface area (Å²) in [7, 11) is 0. The molecule has 2 amide bonds. The maximum atomic E-state index is 13.0. The first kappa shape index (κ1) is 31.9. The summed E-state index contributed by atoms with van der Waals surface area (Å²) in [4.78, 5) is 35.5. The number of carbonyl (C=O) groups is 2. The molecule has 0 radical (unpaired) electrons. The van der Waals surface area contributed by atoms with Gasteiger partial charge >= 0.3 is 6.09 Å². The van der Waals surface area contributed by atoms with Crippen LogP contribution in [0.1, 0.15) is 69.7 Å². The van der Waals surface area contributed by atoms with Crippen LogP contribution in [0.5, 0.6) is 5.75 Å². The van der Waals surface area contributed by atoms with E-state index in [2.05, 4.69) is 32.1 Å². The lowest BCUT2D eigenvalue weighted by Gasteiger charge is -2.43. The number of ether oxygens (including phenoxy) is 2. The van der Waals surface area contributed by atoms with E-state index in [9.17, 15) is 9.59 Å². The third kappa shape index (κ3) is 8.36. The van der Waals surface area contributed by atoms with Crippen LogP contribution in [0.3, 0.4) is 0 Å². The zero-order valence-electron chi connectivity index (χ0n) is 26.1. The number of hydrogen-bond donors (Lipinski definition) is 1. The first-order valence-corrected chi connectivity index (χ1v) is 16.2. The van der Waals surface area contributed by atoms with Crippen LogP contribution >= 0.6 is 11.6 Å². The Hall–Kier alpha value is -3.48. The van der Waals surface area contributed by atoms with Gasteiger partial charge in [-0.05, 0) is 95.7 Å². The zero-order chi connectivity index (χ0) is 31.3. The highest BCUT2D eigenvalue weighted by atomic mass is 35.5. The van der Waals surface area contributed by atoms with Gasteiger partial charge in [0.1, 0.15) is 11.4 Å². The summed E-state index contributed by atoms with van der Waals surface area (Å²) in [5, 5.41) is 3.61.